The predicted octanol–water partition coefficient (Wildman–Crippen LogP) is 2.09. The molecule has 1 heterocycles. The second-order valence-electron chi connectivity index (χ2n) is 6.26. The molecule has 2 aromatic rings. The number of hydrogen-bond acceptors (Lipinski definition) is 5. The van der Waals surface area contributed by atoms with Crippen LogP contribution in [0.15, 0.2) is 24.3 Å². The predicted molar refractivity (Wildman–Crippen MR) is 81.3 cm³/mol. The summed E-state index contributed by atoms with van der Waals surface area (Å²) in [7, 11) is 5.71. The van der Waals surface area contributed by atoms with E-state index in [0.29, 0.717) is 0 Å². The molecule has 1 aromatic heterocycles. The molecule has 1 aromatic carbocycles. The van der Waals surface area contributed by atoms with Crippen molar-refractivity contribution in [2.24, 2.45) is 0 Å². The number of nitrogens with zero attached hydrogens (tertiary/aromatic N) is 5. The Morgan fingerprint density at radius 2 is 1.76 bits per heavy atom. The van der Waals surface area contributed by atoms with Crippen LogP contribution in [0.3, 0.4) is 0 Å². The third kappa shape index (κ3) is 3.21. The van der Waals surface area contributed by atoms with Gasteiger partial charge in [0.05, 0.1) is 18.7 Å². The van der Waals surface area contributed by atoms with Crippen LogP contribution < -0.4 is 4.74 Å². The van der Waals surface area contributed by atoms with Crippen LogP contribution in [0.4, 0.5) is 0 Å². The smallest absolute Gasteiger partial charge is 0.173 e. The van der Waals surface area contributed by atoms with Gasteiger partial charge in [0.1, 0.15) is 5.75 Å². The Kier molecular flexibility index (Phi) is 4.27. The van der Waals surface area contributed by atoms with E-state index in [1.54, 1.807) is 7.11 Å². The second-order valence-corrected chi connectivity index (χ2v) is 6.26. The zero-order valence-corrected chi connectivity index (χ0v) is 13.5. The number of tetrazole rings is 1. The van der Waals surface area contributed by atoms with E-state index in [1.165, 1.54) is 0 Å². The molecule has 114 valence electrons. The first-order valence-corrected chi connectivity index (χ1v) is 6.93. The Balaban J connectivity index is 2.47. The molecule has 1 atom stereocenters. The van der Waals surface area contributed by atoms with Crippen LogP contribution in [0.1, 0.15) is 38.2 Å². The maximum absolute atomic E-state index is 5.22. The minimum absolute atomic E-state index is 0.00914. The Hall–Kier alpha value is -1.95. The fraction of sp³-hybridized carbons (Fsp3) is 0.533. The Morgan fingerprint density at radius 1 is 1.14 bits per heavy atom. The van der Waals surface area contributed by atoms with Gasteiger partial charge in [0, 0.05) is 0 Å². The van der Waals surface area contributed by atoms with Crippen molar-refractivity contribution in [2.75, 3.05) is 21.2 Å². The van der Waals surface area contributed by atoms with Crippen molar-refractivity contribution in [3.63, 3.8) is 0 Å². The molecule has 0 N–H and O–H groups in total. The summed E-state index contributed by atoms with van der Waals surface area (Å²) in [6, 6.07) is 8.00. The van der Waals surface area contributed by atoms with E-state index in [-0.39, 0.29) is 11.6 Å². The number of methoxy groups -OCH3 is 1. The van der Waals surface area contributed by atoms with Gasteiger partial charge in [-0.2, -0.15) is 0 Å². The summed E-state index contributed by atoms with van der Waals surface area (Å²) >= 11 is 0. The fourth-order valence-electron chi connectivity index (χ4n) is 2.31. The highest BCUT2D eigenvalue weighted by molar-refractivity contribution is 5.31. The molecule has 0 bridgehead atoms. The minimum Gasteiger partial charge on any atom is -0.497 e. The van der Waals surface area contributed by atoms with Gasteiger partial charge < -0.3 is 4.74 Å². The van der Waals surface area contributed by atoms with Crippen LogP contribution in [0.5, 0.6) is 5.75 Å². The average molecular weight is 289 g/mol. The third-order valence-corrected chi connectivity index (χ3v) is 3.32. The highest BCUT2D eigenvalue weighted by Crippen LogP contribution is 2.28. The van der Waals surface area contributed by atoms with Gasteiger partial charge in [0.2, 0.25) is 0 Å². The highest BCUT2D eigenvalue weighted by Gasteiger charge is 2.28. The zero-order chi connectivity index (χ0) is 15.6. The SMILES string of the molecule is COc1ccc([C@@H](c2nnnn2C(C)(C)C)N(C)C)cc1. The monoisotopic (exact) mass is 289 g/mol. The van der Waals surface area contributed by atoms with Crippen molar-refractivity contribution in [2.45, 2.75) is 32.4 Å². The lowest BCUT2D eigenvalue weighted by Crippen LogP contribution is -2.31. The zero-order valence-electron chi connectivity index (χ0n) is 13.5. The maximum atomic E-state index is 5.22. The van der Waals surface area contributed by atoms with Gasteiger partial charge in [-0.3, -0.25) is 4.90 Å². The van der Waals surface area contributed by atoms with Crippen molar-refractivity contribution in [1.82, 2.24) is 25.1 Å². The quantitative estimate of drug-likeness (QED) is 0.862. The fourth-order valence-corrected chi connectivity index (χ4v) is 2.31. The van der Waals surface area contributed by atoms with Crippen molar-refractivity contribution in [1.29, 1.82) is 0 Å². The summed E-state index contributed by atoms with van der Waals surface area (Å²) in [5.74, 6) is 1.67. The molecular formula is C15H23N5O. The van der Waals surface area contributed by atoms with Gasteiger partial charge in [0.15, 0.2) is 5.82 Å². The molecule has 0 saturated heterocycles. The third-order valence-electron chi connectivity index (χ3n) is 3.32. The normalized spacial score (nSPS) is 13.5. The van der Waals surface area contributed by atoms with Crippen LogP contribution in [-0.2, 0) is 5.54 Å². The summed E-state index contributed by atoms with van der Waals surface area (Å²) in [6.45, 7) is 6.27. The van der Waals surface area contributed by atoms with Crippen LogP contribution in [0.25, 0.3) is 0 Å². The average Bonchev–Trinajstić information content (AvgIpc) is 2.88. The largest absolute Gasteiger partial charge is 0.497 e. The summed E-state index contributed by atoms with van der Waals surface area (Å²) in [6.07, 6.45) is 0. The molecule has 6 nitrogen and oxygen atoms in total. The molecule has 0 radical (unpaired) electrons. The Morgan fingerprint density at radius 3 is 2.24 bits per heavy atom. The van der Waals surface area contributed by atoms with Crippen LogP contribution in [0, 0.1) is 0 Å². The minimum atomic E-state index is -0.167. The molecule has 2 rings (SSSR count). The van der Waals surface area contributed by atoms with Gasteiger partial charge in [-0.25, -0.2) is 4.68 Å². The lowest BCUT2D eigenvalue weighted by atomic mass is 10.0. The lowest BCUT2D eigenvalue weighted by Gasteiger charge is -2.28. The van der Waals surface area contributed by atoms with Crippen molar-refractivity contribution in [3.05, 3.63) is 35.7 Å². The molecule has 0 aliphatic carbocycles. The molecule has 0 unspecified atom stereocenters. The lowest BCUT2D eigenvalue weighted by molar-refractivity contribution is 0.276. The molecule has 6 heteroatoms. The molecule has 0 saturated carbocycles. The molecule has 0 fully saturated rings. The van der Waals surface area contributed by atoms with Gasteiger partial charge in [-0.15, -0.1) is 5.10 Å². The number of rotatable bonds is 4. The Labute approximate surface area is 125 Å². The van der Waals surface area contributed by atoms with Crippen molar-refractivity contribution in [3.8, 4) is 5.75 Å². The van der Waals surface area contributed by atoms with Gasteiger partial charge >= 0.3 is 0 Å². The second kappa shape index (κ2) is 5.81. The van der Waals surface area contributed by atoms with E-state index in [1.807, 2.05) is 43.0 Å². The molecule has 0 spiro atoms. The van der Waals surface area contributed by atoms with Crippen LogP contribution in [-0.4, -0.2) is 46.3 Å². The van der Waals surface area contributed by atoms with E-state index >= 15 is 0 Å². The topological polar surface area (TPSA) is 56.1 Å². The summed E-state index contributed by atoms with van der Waals surface area (Å²) < 4.78 is 7.10. The summed E-state index contributed by atoms with van der Waals surface area (Å²) in [5.41, 5.74) is 0.959. The number of hydrogen-bond donors (Lipinski definition) is 0. The van der Waals surface area contributed by atoms with Crippen molar-refractivity contribution < 1.29 is 4.74 Å². The standard InChI is InChI=1S/C15H23N5O/c1-15(2,3)20-14(16-17-18-20)13(19(4)5)11-7-9-12(21-6)10-8-11/h7-10,13H,1-6H3/t13-/m0/s1. The first kappa shape index (κ1) is 15.4. The molecule has 0 amide bonds. The number of aromatic nitrogens is 4. The highest BCUT2D eigenvalue weighted by atomic mass is 16.5. The maximum Gasteiger partial charge on any atom is 0.173 e. The molecular weight excluding hydrogens is 266 g/mol. The van der Waals surface area contributed by atoms with E-state index in [4.69, 9.17) is 4.74 Å². The van der Waals surface area contributed by atoms with Gasteiger partial charge in [-0.1, -0.05) is 12.1 Å². The van der Waals surface area contributed by atoms with Crippen LogP contribution in [0.2, 0.25) is 0 Å². The number of benzene rings is 1. The first-order chi connectivity index (χ1) is 9.84. The van der Waals surface area contributed by atoms with Crippen molar-refractivity contribution >= 4 is 0 Å². The molecule has 0 aliphatic heterocycles. The summed E-state index contributed by atoms with van der Waals surface area (Å²) in [5, 5.41) is 12.3. The molecule has 0 aliphatic rings. The molecule has 21 heavy (non-hydrogen) atoms. The first-order valence-electron chi connectivity index (χ1n) is 6.93. The van der Waals surface area contributed by atoms with Gasteiger partial charge in [0.25, 0.3) is 0 Å². The summed E-state index contributed by atoms with van der Waals surface area (Å²) in [4.78, 5) is 2.11. The van der Waals surface area contributed by atoms with E-state index in [0.717, 1.165) is 17.1 Å². The van der Waals surface area contributed by atoms with E-state index in [2.05, 4.69) is 41.2 Å². The number of ether oxygens (including phenoxy) is 1. The van der Waals surface area contributed by atoms with E-state index in [9.17, 15) is 0 Å². The van der Waals surface area contributed by atoms with Crippen LogP contribution >= 0.6 is 0 Å². The van der Waals surface area contributed by atoms with Gasteiger partial charge in [-0.05, 0) is 63.0 Å². The van der Waals surface area contributed by atoms with E-state index < -0.39 is 0 Å². The Bertz CT molecular complexity index is 583.